The van der Waals surface area contributed by atoms with Gasteiger partial charge in [-0.25, -0.2) is 8.78 Å². The van der Waals surface area contributed by atoms with Crippen molar-refractivity contribution in [3.63, 3.8) is 0 Å². The Hall–Kier alpha value is -3.09. The molecule has 1 unspecified atom stereocenters. The Morgan fingerprint density at radius 2 is 1.42 bits per heavy atom. The van der Waals surface area contributed by atoms with E-state index in [0.29, 0.717) is 24.3 Å². The number of benzene rings is 3. The molecule has 0 saturated heterocycles. The minimum Gasteiger partial charge on any atom is -0.457 e. The Morgan fingerprint density at radius 3 is 2.06 bits per heavy atom. The largest absolute Gasteiger partial charge is 0.573 e. The van der Waals surface area contributed by atoms with E-state index >= 15 is 0 Å². The molecule has 31 heavy (non-hydrogen) atoms. The second kappa shape index (κ2) is 10.3. The lowest BCUT2D eigenvalue weighted by Crippen LogP contribution is -2.17. The predicted octanol–water partition coefficient (Wildman–Crippen LogP) is 7.75. The second-order valence-electron chi connectivity index (χ2n) is 7.01. The fraction of sp³-hybridized carbons (Fsp3) is 0.250. The third kappa shape index (κ3) is 7.27. The maximum absolute atomic E-state index is 13.6. The first kappa shape index (κ1) is 22.6. The summed E-state index contributed by atoms with van der Waals surface area (Å²) in [5.74, 6) is -0.132. The lowest BCUT2D eigenvalue weighted by Gasteiger charge is -2.17. The van der Waals surface area contributed by atoms with Crippen LogP contribution in [0, 0.1) is 0 Å². The van der Waals surface area contributed by atoms with E-state index in [2.05, 4.69) is 4.74 Å². The number of ether oxygens (including phenoxy) is 2. The Balaban J connectivity index is 1.58. The van der Waals surface area contributed by atoms with Gasteiger partial charge in [-0.3, -0.25) is 0 Å². The summed E-state index contributed by atoms with van der Waals surface area (Å²) in [4.78, 5) is 0. The fourth-order valence-electron chi connectivity index (χ4n) is 3.27. The van der Waals surface area contributed by atoms with Crippen LogP contribution in [0.4, 0.5) is 22.0 Å². The van der Waals surface area contributed by atoms with E-state index in [1.807, 2.05) is 54.6 Å². The third-order valence-corrected chi connectivity index (χ3v) is 4.70. The molecule has 0 fully saturated rings. The number of hydrogen-bond donors (Lipinski definition) is 0. The van der Waals surface area contributed by atoms with Gasteiger partial charge in [0, 0.05) is 5.92 Å². The number of rotatable bonds is 9. The maximum Gasteiger partial charge on any atom is 0.573 e. The number of hydrogen-bond acceptors (Lipinski definition) is 2. The van der Waals surface area contributed by atoms with E-state index in [-0.39, 0.29) is 12.0 Å². The van der Waals surface area contributed by atoms with Crippen molar-refractivity contribution in [1.29, 1.82) is 0 Å². The van der Waals surface area contributed by atoms with E-state index in [0.717, 1.165) is 17.7 Å². The lowest BCUT2D eigenvalue weighted by atomic mass is 9.93. The molecule has 0 spiro atoms. The van der Waals surface area contributed by atoms with Crippen molar-refractivity contribution in [2.45, 2.75) is 38.0 Å². The smallest absolute Gasteiger partial charge is 0.457 e. The highest BCUT2D eigenvalue weighted by Gasteiger charge is 2.31. The summed E-state index contributed by atoms with van der Waals surface area (Å²) in [5, 5.41) is 0. The Labute approximate surface area is 177 Å². The first-order chi connectivity index (χ1) is 14.8. The molecule has 0 bridgehead atoms. The van der Waals surface area contributed by atoms with Crippen LogP contribution in [0.1, 0.15) is 29.9 Å². The van der Waals surface area contributed by atoms with E-state index in [4.69, 9.17) is 4.74 Å². The first-order valence-corrected chi connectivity index (χ1v) is 9.76. The predicted molar refractivity (Wildman–Crippen MR) is 108 cm³/mol. The normalized spacial score (nSPS) is 12.6. The molecule has 2 nitrogen and oxygen atoms in total. The van der Waals surface area contributed by atoms with E-state index in [1.165, 1.54) is 12.1 Å². The van der Waals surface area contributed by atoms with Crippen molar-refractivity contribution in [3.8, 4) is 17.2 Å². The molecule has 0 N–H and O–H groups in total. The molecule has 0 amide bonds. The van der Waals surface area contributed by atoms with Crippen LogP contribution in [-0.2, 0) is 6.42 Å². The molecule has 0 aromatic heterocycles. The number of halogens is 5. The summed E-state index contributed by atoms with van der Waals surface area (Å²) < 4.78 is 73.5. The zero-order valence-corrected chi connectivity index (χ0v) is 16.5. The number of para-hydroxylation sites is 1. The molecule has 0 saturated carbocycles. The van der Waals surface area contributed by atoms with Crippen LogP contribution in [0.5, 0.6) is 17.2 Å². The average Bonchev–Trinajstić information content (AvgIpc) is 2.72. The summed E-state index contributed by atoms with van der Waals surface area (Å²) in [5.41, 5.74) is 1.24. The molecule has 7 heteroatoms. The molecule has 0 aliphatic heterocycles. The fourth-order valence-corrected chi connectivity index (χ4v) is 3.27. The average molecular weight is 436 g/mol. The van der Waals surface area contributed by atoms with Gasteiger partial charge in [-0.2, -0.15) is 0 Å². The van der Waals surface area contributed by atoms with E-state index < -0.39 is 24.5 Å². The van der Waals surface area contributed by atoms with Gasteiger partial charge in [-0.05, 0) is 66.8 Å². The van der Waals surface area contributed by atoms with Crippen LogP contribution in [0.2, 0.25) is 0 Å². The zero-order chi connectivity index (χ0) is 22.3. The molecule has 164 valence electrons. The molecule has 3 aromatic carbocycles. The van der Waals surface area contributed by atoms with Gasteiger partial charge in [-0.15, -0.1) is 13.2 Å². The van der Waals surface area contributed by atoms with Crippen LogP contribution in [0.3, 0.4) is 0 Å². The van der Waals surface area contributed by atoms with Crippen molar-refractivity contribution >= 4 is 0 Å². The molecule has 0 heterocycles. The Bertz CT molecular complexity index is 940. The van der Waals surface area contributed by atoms with E-state index in [9.17, 15) is 22.0 Å². The van der Waals surface area contributed by atoms with Gasteiger partial charge in [0.25, 0.3) is 0 Å². The third-order valence-electron chi connectivity index (χ3n) is 4.70. The van der Waals surface area contributed by atoms with Crippen molar-refractivity contribution in [1.82, 2.24) is 0 Å². The van der Waals surface area contributed by atoms with Crippen LogP contribution >= 0.6 is 0 Å². The SMILES string of the molecule is FC(F)C(CCCc1cccc(Oc2ccccc2)c1)c1ccc(OC(F)(F)F)cc1. The molecule has 0 aliphatic rings. The maximum atomic E-state index is 13.6. The summed E-state index contributed by atoms with van der Waals surface area (Å²) in [6, 6.07) is 21.4. The van der Waals surface area contributed by atoms with Crippen molar-refractivity contribution in [2.24, 2.45) is 0 Å². The number of aryl methyl sites for hydroxylation is 1. The Kier molecular flexibility index (Phi) is 7.50. The second-order valence-corrected chi connectivity index (χ2v) is 7.01. The topological polar surface area (TPSA) is 18.5 Å². The highest BCUT2D eigenvalue weighted by molar-refractivity contribution is 5.34. The molecule has 0 aliphatic carbocycles. The van der Waals surface area contributed by atoms with Gasteiger partial charge in [0.1, 0.15) is 17.2 Å². The number of alkyl halides is 5. The van der Waals surface area contributed by atoms with Gasteiger partial charge in [0.05, 0.1) is 0 Å². The molecular weight excluding hydrogens is 415 g/mol. The summed E-state index contributed by atoms with van der Waals surface area (Å²) in [7, 11) is 0. The minimum atomic E-state index is -4.82. The van der Waals surface area contributed by atoms with Crippen LogP contribution in [-0.4, -0.2) is 12.8 Å². The highest BCUT2D eigenvalue weighted by atomic mass is 19.4. The molecule has 3 rings (SSSR count). The van der Waals surface area contributed by atoms with Crippen molar-refractivity contribution < 1.29 is 31.4 Å². The molecule has 1 atom stereocenters. The summed E-state index contributed by atoms with van der Waals surface area (Å²) in [6.07, 6.45) is -6.18. The molecular formula is C24H21F5O2. The van der Waals surface area contributed by atoms with Gasteiger partial charge in [-0.1, -0.05) is 42.5 Å². The minimum absolute atomic E-state index is 0.195. The first-order valence-electron chi connectivity index (χ1n) is 9.76. The van der Waals surface area contributed by atoms with Gasteiger partial charge < -0.3 is 9.47 Å². The van der Waals surface area contributed by atoms with Crippen LogP contribution in [0.15, 0.2) is 78.9 Å². The standard InChI is InChI=1S/C24H21F5O2/c25-23(26)22(18-12-14-20(15-13-18)31-24(27,28)29)11-5-7-17-6-4-10-21(16-17)30-19-8-2-1-3-9-19/h1-4,6,8-10,12-16,22-23H,5,7,11H2. The molecule has 3 aromatic rings. The highest BCUT2D eigenvalue weighted by Crippen LogP contribution is 2.31. The summed E-state index contributed by atoms with van der Waals surface area (Å²) in [6.45, 7) is 0. The van der Waals surface area contributed by atoms with Crippen molar-refractivity contribution in [2.75, 3.05) is 0 Å². The van der Waals surface area contributed by atoms with Gasteiger partial charge in [0.2, 0.25) is 6.43 Å². The van der Waals surface area contributed by atoms with Crippen molar-refractivity contribution in [3.05, 3.63) is 90.0 Å². The zero-order valence-electron chi connectivity index (χ0n) is 16.5. The quantitative estimate of drug-likeness (QED) is 0.319. The lowest BCUT2D eigenvalue weighted by molar-refractivity contribution is -0.274. The molecule has 0 radical (unpaired) electrons. The van der Waals surface area contributed by atoms with Crippen LogP contribution in [0.25, 0.3) is 0 Å². The van der Waals surface area contributed by atoms with E-state index in [1.54, 1.807) is 0 Å². The Morgan fingerprint density at radius 1 is 0.742 bits per heavy atom. The van der Waals surface area contributed by atoms with Crippen LogP contribution < -0.4 is 9.47 Å². The van der Waals surface area contributed by atoms with Gasteiger partial charge >= 0.3 is 6.36 Å². The summed E-state index contributed by atoms with van der Waals surface area (Å²) >= 11 is 0. The monoisotopic (exact) mass is 436 g/mol. The van der Waals surface area contributed by atoms with Gasteiger partial charge in [0.15, 0.2) is 0 Å².